The van der Waals surface area contributed by atoms with Crippen LogP contribution < -0.4 is 5.73 Å². The van der Waals surface area contributed by atoms with Gasteiger partial charge in [-0.15, -0.1) is 11.3 Å². The van der Waals surface area contributed by atoms with E-state index in [4.69, 9.17) is 5.73 Å². The maximum atomic E-state index is 12.6. The SMILES string of the molecule is Nc1ccccc1CC(=O)N1CCCC1CC(O)c1cccs1. The Morgan fingerprint density at radius 2 is 2.17 bits per heavy atom. The van der Waals surface area contributed by atoms with Crippen LogP contribution in [0.3, 0.4) is 0 Å². The first-order chi connectivity index (χ1) is 11.1. The van der Waals surface area contributed by atoms with Crippen LogP contribution >= 0.6 is 11.3 Å². The van der Waals surface area contributed by atoms with E-state index >= 15 is 0 Å². The minimum atomic E-state index is -0.491. The maximum Gasteiger partial charge on any atom is 0.227 e. The summed E-state index contributed by atoms with van der Waals surface area (Å²) < 4.78 is 0. The molecule has 5 heteroatoms. The number of thiophene rings is 1. The van der Waals surface area contributed by atoms with E-state index in [-0.39, 0.29) is 11.9 Å². The number of nitrogens with zero attached hydrogens (tertiary/aromatic N) is 1. The number of rotatable bonds is 5. The van der Waals surface area contributed by atoms with Crippen LogP contribution in [0.2, 0.25) is 0 Å². The fourth-order valence-corrected chi connectivity index (χ4v) is 3.95. The Balaban J connectivity index is 1.64. The molecule has 0 aliphatic carbocycles. The van der Waals surface area contributed by atoms with Crippen molar-refractivity contribution in [2.24, 2.45) is 0 Å². The number of para-hydroxylation sites is 1. The largest absolute Gasteiger partial charge is 0.398 e. The van der Waals surface area contributed by atoms with Crippen molar-refractivity contribution in [2.45, 2.75) is 37.8 Å². The molecule has 2 aromatic rings. The van der Waals surface area contributed by atoms with Gasteiger partial charge in [-0.25, -0.2) is 0 Å². The lowest BCUT2D eigenvalue weighted by atomic mass is 10.0. The monoisotopic (exact) mass is 330 g/mol. The van der Waals surface area contributed by atoms with Gasteiger partial charge in [-0.2, -0.15) is 0 Å². The first kappa shape index (κ1) is 16.0. The normalized spacial score (nSPS) is 19.0. The van der Waals surface area contributed by atoms with Crippen molar-refractivity contribution >= 4 is 22.9 Å². The van der Waals surface area contributed by atoms with E-state index < -0.39 is 6.10 Å². The van der Waals surface area contributed by atoms with Gasteiger partial charge in [-0.05, 0) is 42.3 Å². The van der Waals surface area contributed by atoms with Crippen molar-refractivity contribution in [3.63, 3.8) is 0 Å². The van der Waals surface area contributed by atoms with Crippen molar-refractivity contribution in [1.82, 2.24) is 4.90 Å². The van der Waals surface area contributed by atoms with Crippen LogP contribution in [0.5, 0.6) is 0 Å². The molecule has 0 radical (unpaired) electrons. The Labute approximate surface area is 140 Å². The molecule has 4 nitrogen and oxygen atoms in total. The van der Waals surface area contributed by atoms with E-state index in [0.717, 1.165) is 29.8 Å². The predicted octanol–water partition coefficient (Wildman–Crippen LogP) is 2.99. The van der Waals surface area contributed by atoms with Gasteiger partial charge in [0, 0.05) is 23.2 Å². The summed E-state index contributed by atoms with van der Waals surface area (Å²) in [6.07, 6.45) is 2.40. The van der Waals surface area contributed by atoms with Gasteiger partial charge >= 0.3 is 0 Å². The highest BCUT2D eigenvalue weighted by atomic mass is 32.1. The fourth-order valence-electron chi connectivity index (χ4n) is 3.22. The van der Waals surface area contributed by atoms with Gasteiger partial charge in [0.05, 0.1) is 12.5 Å². The summed E-state index contributed by atoms with van der Waals surface area (Å²) >= 11 is 1.56. The second-order valence-corrected chi connectivity index (χ2v) is 7.00. The van der Waals surface area contributed by atoms with Crippen molar-refractivity contribution in [2.75, 3.05) is 12.3 Å². The predicted molar refractivity (Wildman–Crippen MR) is 93.2 cm³/mol. The number of likely N-dealkylation sites (tertiary alicyclic amines) is 1. The summed E-state index contributed by atoms with van der Waals surface area (Å²) in [5.74, 6) is 0.101. The zero-order chi connectivity index (χ0) is 16.2. The molecular weight excluding hydrogens is 308 g/mol. The second kappa shape index (κ2) is 7.15. The van der Waals surface area contributed by atoms with Gasteiger partial charge in [-0.3, -0.25) is 4.79 Å². The molecule has 0 bridgehead atoms. The minimum absolute atomic E-state index is 0.101. The molecule has 1 aliphatic rings. The average Bonchev–Trinajstić information content (AvgIpc) is 3.20. The van der Waals surface area contributed by atoms with Crippen LogP contribution in [0, 0.1) is 0 Å². The number of aliphatic hydroxyl groups excluding tert-OH is 1. The molecule has 1 saturated heterocycles. The van der Waals surface area contributed by atoms with Gasteiger partial charge in [-0.1, -0.05) is 24.3 Å². The zero-order valence-corrected chi connectivity index (χ0v) is 13.8. The zero-order valence-electron chi connectivity index (χ0n) is 13.0. The van der Waals surface area contributed by atoms with E-state index in [9.17, 15) is 9.90 Å². The highest BCUT2D eigenvalue weighted by Crippen LogP contribution is 2.30. The number of anilines is 1. The van der Waals surface area contributed by atoms with Crippen molar-refractivity contribution in [1.29, 1.82) is 0 Å². The third-order valence-electron chi connectivity index (χ3n) is 4.46. The highest BCUT2D eigenvalue weighted by molar-refractivity contribution is 7.10. The summed E-state index contributed by atoms with van der Waals surface area (Å²) in [7, 11) is 0. The standard InChI is InChI=1S/C18H22N2O2S/c19-15-7-2-1-5-13(15)11-18(22)20-9-3-6-14(20)12-16(21)17-8-4-10-23-17/h1-2,4-5,7-8,10,14,16,21H,3,6,9,11-12,19H2. The van der Waals surface area contributed by atoms with E-state index in [1.54, 1.807) is 11.3 Å². The second-order valence-electron chi connectivity index (χ2n) is 6.03. The van der Waals surface area contributed by atoms with Gasteiger partial charge in [0.25, 0.3) is 0 Å². The third kappa shape index (κ3) is 3.74. The molecular formula is C18H22N2O2S. The van der Waals surface area contributed by atoms with Gasteiger partial charge in [0.1, 0.15) is 0 Å². The Hall–Kier alpha value is -1.85. The maximum absolute atomic E-state index is 12.6. The van der Waals surface area contributed by atoms with Crippen LogP contribution in [0.25, 0.3) is 0 Å². The average molecular weight is 330 g/mol. The van der Waals surface area contributed by atoms with E-state index in [1.165, 1.54) is 0 Å². The molecule has 1 aromatic heterocycles. The van der Waals surface area contributed by atoms with Crippen LogP contribution in [-0.4, -0.2) is 28.5 Å². The van der Waals surface area contributed by atoms with Crippen LogP contribution in [0.1, 0.15) is 35.8 Å². The Bertz CT molecular complexity index is 657. The van der Waals surface area contributed by atoms with Crippen LogP contribution in [0.15, 0.2) is 41.8 Å². The van der Waals surface area contributed by atoms with Crippen molar-refractivity contribution < 1.29 is 9.90 Å². The number of carbonyl (C=O) groups excluding carboxylic acids is 1. The number of aliphatic hydroxyl groups is 1. The lowest BCUT2D eigenvalue weighted by Gasteiger charge is -2.26. The van der Waals surface area contributed by atoms with Gasteiger partial charge < -0.3 is 15.7 Å². The Morgan fingerprint density at radius 1 is 1.35 bits per heavy atom. The molecule has 2 heterocycles. The summed E-state index contributed by atoms with van der Waals surface area (Å²) in [6.45, 7) is 0.771. The summed E-state index contributed by atoms with van der Waals surface area (Å²) in [5.41, 5.74) is 7.48. The lowest BCUT2D eigenvalue weighted by molar-refractivity contribution is -0.131. The topological polar surface area (TPSA) is 66.6 Å². The van der Waals surface area contributed by atoms with Crippen molar-refractivity contribution in [3.8, 4) is 0 Å². The van der Waals surface area contributed by atoms with Gasteiger partial charge in [0.15, 0.2) is 0 Å². The van der Waals surface area contributed by atoms with Crippen LogP contribution in [-0.2, 0) is 11.2 Å². The molecule has 2 atom stereocenters. The van der Waals surface area contributed by atoms with E-state index in [0.29, 0.717) is 18.5 Å². The molecule has 2 unspecified atom stereocenters. The van der Waals surface area contributed by atoms with Crippen LogP contribution in [0.4, 0.5) is 5.69 Å². The number of hydrogen-bond donors (Lipinski definition) is 2. The first-order valence-corrected chi connectivity index (χ1v) is 8.87. The fraction of sp³-hybridized carbons (Fsp3) is 0.389. The van der Waals surface area contributed by atoms with Crippen molar-refractivity contribution in [3.05, 3.63) is 52.2 Å². The molecule has 3 rings (SSSR count). The third-order valence-corrected chi connectivity index (χ3v) is 5.43. The summed E-state index contributed by atoms with van der Waals surface area (Å²) in [4.78, 5) is 15.5. The highest BCUT2D eigenvalue weighted by Gasteiger charge is 2.30. The molecule has 1 fully saturated rings. The molecule has 1 aliphatic heterocycles. The molecule has 0 spiro atoms. The molecule has 23 heavy (non-hydrogen) atoms. The minimum Gasteiger partial charge on any atom is -0.398 e. The molecule has 1 amide bonds. The first-order valence-electron chi connectivity index (χ1n) is 7.99. The summed E-state index contributed by atoms with van der Waals surface area (Å²) in [5, 5.41) is 12.3. The molecule has 3 N–H and O–H groups in total. The van der Waals surface area contributed by atoms with E-state index in [1.807, 2.05) is 46.7 Å². The summed E-state index contributed by atoms with van der Waals surface area (Å²) in [6, 6.07) is 11.5. The van der Waals surface area contributed by atoms with E-state index in [2.05, 4.69) is 0 Å². The number of benzene rings is 1. The Kier molecular flexibility index (Phi) is 4.98. The number of amides is 1. The number of carbonyl (C=O) groups is 1. The number of nitrogen functional groups attached to an aromatic ring is 1. The number of hydrogen-bond acceptors (Lipinski definition) is 4. The Morgan fingerprint density at radius 3 is 2.91 bits per heavy atom. The number of nitrogens with two attached hydrogens (primary N) is 1. The van der Waals surface area contributed by atoms with Gasteiger partial charge in [0.2, 0.25) is 5.91 Å². The molecule has 122 valence electrons. The molecule has 1 aromatic carbocycles. The quantitative estimate of drug-likeness (QED) is 0.828. The molecule has 0 saturated carbocycles. The smallest absolute Gasteiger partial charge is 0.227 e. The lowest BCUT2D eigenvalue weighted by Crippen LogP contribution is -2.37.